The molecule has 0 unspecified atom stereocenters. The fourth-order valence-electron chi connectivity index (χ4n) is 2.42. The van der Waals surface area contributed by atoms with Crippen LogP contribution in [0.25, 0.3) is 0 Å². The molecule has 0 aliphatic carbocycles. The monoisotopic (exact) mass is 328 g/mol. The number of halogens is 1. The van der Waals surface area contributed by atoms with E-state index in [4.69, 9.17) is 0 Å². The van der Waals surface area contributed by atoms with Crippen molar-refractivity contribution in [2.24, 2.45) is 5.41 Å². The van der Waals surface area contributed by atoms with Gasteiger partial charge >= 0.3 is 0 Å². The summed E-state index contributed by atoms with van der Waals surface area (Å²) in [7, 11) is 0. The Morgan fingerprint density at radius 2 is 1.62 bits per heavy atom. The molecule has 0 saturated heterocycles. The maximum absolute atomic E-state index is 13.2. The number of hydrogen-bond donors (Lipinski definition) is 1. The molecule has 0 heterocycles. The van der Waals surface area contributed by atoms with Gasteiger partial charge in [-0.2, -0.15) is 0 Å². The summed E-state index contributed by atoms with van der Waals surface area (Å²) in [6, 6.07) is 14.1. The van der Waals surface area contributed by atoms with E-state index in [1.807, 2.05) is 52.0 Å². The zero-order chi connectivity index (χ0) is 17.7. The summed E-state index contributed by atoms with van der Waals surface area (Å²) in [5.41, 5.74) is 2.26. The van der Waals surface area contributed by atoms with E-state index in [0.717, 1.165) is 17.8 Å². The molecule has 0 aliphatic heterocycles. The highest BCUT2D eigenvalue weighted by Crippen LogP contribution is 2.26. The first-order valence-electron chi connectivity index (χ1n) is 8.21. The fraction of sp³-hybridized carbons (Fsp3) is 0.350. The molecule has 128 valence electrons. The Balaban J connectivity index is 2.28. The summed E-state index contributed by atoms with van der Waals surface area (Å²) >= 11 is 0. The summed E-state index contributed by atoms with van der Waals surface area (Å²) < 4.78 is 13.2. The van der Waals surface area contributed by atoms with Crippen LogP contribution in [0, 0.1) is 11.2 Å². The maximum atomic E-state index is 13.2. The molecule has 0 fully saturated rings. The first kappa shape index (κ1) is 18.0. The Morgan fingerprint density at radius 3 is 2.12 bits per heavy atom. The predicted molar refractivity (Wildman–Crippen MR) is 97.7 cm³/mol. The number of anilines is 2. The average Bonchev–Trinajstić information content (AvgIpc) is 2.54. The van der Waals surface area contributed by atoms with E-state index in [1.54, 1.807) is 17.0 Å². The van der Waals surface area contributed by atoms with E-state index in [1.165, 1.54) is 12.1 Å². The summed E-state index contributed by atoms with van der Waals surface area (Å²) in [6.07, 6.45) is 0. The van der Waals surface area contributed by atoms with Gasteiger partial charge in [0.2, 0.25) is 5.91 Å². The van der Waals surface area contributed by atoms with Crippen LogP contribution in [0.4, 0.5) is 15.8 Å². The molecular weight excluding hydrogens is 303 g/mol. The highest BCUT2D eigenvalue weighted by atomic mass is 19.1. The molecule has 3 nitrogen and oxygen atoms in total. The van der Waals surface area contributed by atoms with Crippen LogP contribution in [-0.4, -0.2) is 12.5 Å². The highest BCUT2D eigenvalue weighted by molar-refractivity contribution is 5.96. The standard InChI is InChI=1S/C20H25FN2O/c1-5-22-17-10-6-15(7-11-17)14-23(19(24)20(2,3)4)18-12-8-16(21)9-13-18/h6-13,22H,5,14H2,1-4H3. The maximum Gasteiger partial charge on any atom is 0.232 e. The van der Waals surface area contributed by atoms with Gasteiger partial charge in [0, 0.05) is 23.3 Å². The lowest BCUT2D eigenvalue weighted by atomic mass is 9.94. The SMILES string of the molecule is CCNc1ccc(CN(C(=O)C(C)(C)C)c2ccc(F)cc2)cc1. The number of benzene rings is 2. The minimum absolute atomic E-state index is 0.00451. The molecule has 2 aromatic carbocycles. The van der Waals surface area contributed by atoms with Gasteiger partial charge in [-0.25, -0.2) is 4.39 Å². The lowest BCUT2D eigenvalue weighted by molar-refractivity contribution is -0.125. The minimum atomic E-state index is -0.516. The molecule has 1 amide bonds. The summed E-state index contributed by atoms with van der Waals surface area (Å²) in [5.74, 6) is -0.304. The lowest BCUT2D eigenvalue weighted by Crippen LogP contribution is -2.39. The molecule has 24 heavy (non-hydrogen) atoms. The molecule has 0 saturated carbocycles. The Labute approximate surface area is 143 Å². The summed E-state index contributed by atoms with van der Waals surface area (Å²) in [6.45, 7) is 9.03. The third-order valence-electron chi connectivity index (χ3n) is 3.70. The second-order valence-corrected chi connectivity index (χ2v) is 6.84. The second kappa shape index (κ2) is 7.47. The number of nitrogens with zero attached hydrogens (tertiary/aromatic N) is 1. The summed E-state index contributed by atoms with van der Waals surface area (Å²) in [4.78, 5) is 14.6. The van der Waals surface area contributed by atoms with Crippen molar-refractivity contribution in [3.05, 3.63) is 59.9 Å². The van der Waals surface area contributed by atoms with E-state index < -0.39 is 5.41 Å². The van der Waals surface area contributed by atoms with Gasteiger partial charge in [0.15, 0.2) is 0 Å². The molecule has 2 aromatic rings. The zero-order valence-electron chi connectivity index (χ0n) is 14.8. The van der Waals surface area contributed by atoms with Crippen molar-refractivity contribution >= 4 is 17.3 Å². The van der Waals surface area contributed by atoms with Crippen LogP contribution in [0.5, 0.6) is 0 Å². The molecule has 0 aliphatic rings. The molecule has 0 spiro atoms. The Hall–Kier alpha value is -2.36. The van der Waals surface area contributed by atoms with Crippen molar-refractivity contribution < 1.29 is 9.18 Å². The van der Waals surface area contributed by atoms with Crippen LogP contribution in [0.15, 0.2) is 48.5 Å². The first-order chi connectivity index (χ1) is 11.3. The average molecular weight is 328 g/mol. The van der Waals surface area contributed by atoms with Crippen molar-refractivity contribution in [2.45, 2.75) is 34.2 Å². The quantitative estimate of drug-likeness (QED) is 0.852. The normalized spacial score (nSPS) is 11.2. The van der Waals surface area contributed by atoms with E-state index in [0.29, 0.717) is 12.2 Å². The minimum Gasteiger partial charge on any atom is -0.385 e. The van der Waals surface area contributed by atoms with E-state index in [-0.39, 0.29) is 11.7 Å². The van der Waals surface area contributed by atoms with Gasteiger partial charge in [0.1, 0.15) is 5.82 Å². The van der Waals surface area contributed by atoms with Crippen molar-refractivity contribution in [3.63, 3.8) is 0 Å². The molecule has 4 heteroatoms. The highest BCUT2D eigenvalue weighted by Gasteiger charge is 2.28. The first-order valence-corrected chi connectivity index (χ1v) is 8.21. The zero-order valence-corrected chi connectivity index (χ0v) is 14.8. The van der Waals surface area contributed by atoms with Crippen LogP contribution >= 0.6 is 0 Å². The van der Waals surface area contributed by atoms with Crippen molar-refractivity contribution in [1.82, 2.24) is 0 Å². The molecule has 0 atom stereocenters. The molecular formula is C20H25FN2O. The van der Waals surface area contributed by atoms with Crippen LogP contribution < -0.4 is 10.2 Å². The van der Waals surface area contributed by atoms with Gasteiger partial charge in [-0.05, 0) is 48.9 Å². The van der Waals surface area contributed by atoms with Crippen LogP contribution in [0.2, 0.25) is 0 Å². The number of rotatable bonds is 5. The molecule has 0 radical (unpaired) electrons. The molecule has 0 aromatic heterocycles. The van der Waals surface area contributed by atoms with Crippen molar-refractivity contribution in [3.8, 4) is 0 Å². The van der Waals surface area contributed by atoms with Gasteiger partial charge in [-0.3, -0.25) is 4.79 Å². The number of nitrogens with one attached hydrogen (secondary N) is 1. The van der Waals surface area contributed by atoms with Crippen LogP contribution in [0.3, 0.4) is 0 Å². The topological polar surface area (TPSA) is 32.3 Å². The molecule has 1 N–H and O–H groups in total. The van der Waals surface area contributed by atoms with Gasteiger partial charge in [0.05, 0.1) is 6.54 Å². The third kappa shape index (κ3) is 4.57. The van der Waals surface area contributed by atoms with E-state index in [9.17, 15) is 9.18 Å². The Kier molecular flexibility index (Phi) is 5.60. The van der Waals surface area contributed by atoms with Gasteiger partial charge in [-0.1, -0.05) is 32.9 Å². The largest absolute Gasteiger partial charge is 0.385 e. The number of amides is 1. The van der Waals surface area contributed by atoms with Crippen molar-refractivity contribution in [2.75, 3.05) is 16.8 Å². The van der Waals surface area contributed by atoms with Crippen molar-refractivity contribution in [1.29, 1.82) is 0 Å². The second-order valence-electron chi connectivity index (χ2n) is 6.84. The predicted octanol–water partition coefficient (Wildman–Crippen LogP) is 4.84. The van der Waals surface area contributed by atoms with Gasteiger partial charge < -0.3 is 10.2 Å². The van der Waals surface area contributed by atoms with E-state index >= 15 is 0 Å². The van der Waals surface area contributed by atoms with Crippen LogP contribution in [0.1, 0.15) is 33.3 Å². The number of hydrogen-bond acceptors (Lipinski definition) is 2. The van der Waals surface area contributed by atoms with Gasteiger partial charge in [0.25, 0.3) is 0 Å². The smallest absolute Gasteiger partial charge is 0.232 e. The van der Waals surface area contributed by atoms with Crippen LogP contribution in [-0.2, 0) is 11.3 Å². The Morgan fingerprint density at radius 1 is 1.04 bits per heavy atom. The molecule has 0 bridgehead atoms. The number of carbonyl (C=O) groups excluding carboxylic acids is 1. The summed E-state index contributed by atoms with van der Waals surface area (Å²) in [5, 5.41) is 3.25. The van der Waals surface area contributed by atoms with E-state index in [2.05, 4.69) is 5.32 Å². The Bertz CT molecular complexity index is 672. The van der Waals surface area contributed by atoms with Gasteiger partial charge in [-0.15, -0.1) is 0 Å². The lowest BCUT2D eigenvalue weighted by Gasteiger charge is -2.30. The number of carbonyl (C=O) groups is 1. The fourth-order valence-corrected chi connectivity index (χ4v) is 2.42. The molecule has 2 rings (SSSR count). The third-order valence-corrected chi connectivity index (χ3v) is 3.70.